The second-order valence-electron chi connectivity index (χ2n) is 6.08. The van der Waals surface area contributed by atoms with Crippen molar-refractivity contribution >= 4 is 34.4 Å². The van der Waals surface area contributed by atoms with Crippen LogP contribution in [0.1, 0.15) is 28.5 Å². The number of esters is 1. The van der Waals surface area contributed by atoms with E-state index >= 15 is 0 Å². The summed E-state index contributed by atoms with van der Waals surface area (Å²) in [6.07, 6.45) is -0.0449. The van der Waals surface area contributed by atoms with Gasteiger partial charge in [-0.3, -0.25) is 9.59 Å². The van der Waals surface area contributed by atoms with Gasteiger partial charge < -0.3 is 14.8 Å². The lowest BCUT2D eigenvalue weighted by molar-refractivity contribution is -0.141. The summed E-state index contributed by atoms with van der Waals surface area (Å²) in [5, 5.41) is 4.14. The molecule has 1 amide bonds. The number of benzene rings is 2. The summed E-state index contributed by atoms with van der Waals surface area (Å²) >= 11 is 6.25. The number of pyridine rings is 1. The molecule has 0 saturated carbocycles. The number of amides is 1. The first kappa shape index (κ1) is 19.6. The molecule has 0 aliphatic carbocycles. The smallest absolute Gasteiger partial charge is 0.307 e. The molecule has 0 radical (unpaired) electrons. The molecule has 1 N–H and O–H groups in total. The Kier molecular flexibility index (Phi) is 6.11. The molecule has 1 heterocycles. The van der Waals surface area contributed by atoms with Crippen molar-refractivity contribution in [3.63, 3.8) is 0 Å². The van der Waals surface area contributed by atoms with Crippen LogP contribution in [0.25, 0.3) is 10.9 Å². The van der Waals surface area contributed by atoms with Gasteiger partial charge in [0.2, 0.25) is 0 Å². The van der Waals surface area contributed by atoms with Crippen LogP contribution in [-0.2, 0) is 9.53 Å². The number of fused-ring (bicyclic) bond motifs is 1. The number of hydrogen-bond acceptors (Lipinski definition) is 5. The maximum Gasteiger partial charge on any atom is 0.307 e. The number of rotatable bonds is 6. The quantitative estimate of drug-likeness (QED) is 0.636. The Labute approximate surface area is 167 Å². The molecule has 1 unspecified atom stereocenters. The third kappa shape index (κ3) is 4.40. The van der Waals surface area contributed by atoms with Gasteiger partial charge in [-0.25, -0.2) is 4.98 Å². The largest absolute Gasteiger partial charge is 0.497 e. The molecule has 1 atom stereocenters. The summed E-state index contributed by atoms with van der Waals surface area (Å²) in [5.41, 5.74) is 1.53. The van der Waals surface area contributed by atoms with E-state index in [-0.39, 0.29) is 12.1 Å². The molecule has 7 heteroatoms. The second-order valence-corrected chi connectivity index (χ2v) is 6.49. The number of methoxy groups -OCH3 is 2. The Morgan fingerprint density at radius 1 is 1.11 bits per heavy atom. The molecule has 0 bridgehead atoms. The van der Waals surface area contributed by atoms with E-state index in [0.717, 1.165) is 5.39 Å². The lowest BCUT2D eigenvalue weighted by Crippen LogP contribution is -2.31. The van der Waals surface area contributed by atoms with Crippen LogP contribution in [-0.4, -0.2) is 31.1 Å². The molecule has 2 aromatic carbocycles. The zero-order valence-electron chi connectivity index (χ0n) is 15.4. The van der Waals surface area contributed by atoms with E-state index in [1.54, 1.807) is 55.6 Å². The van der Waals surface area contributed by atoms with Crippen LogP contribution in [0.3, 0.4) is 0 Å². The van der Waals surface area contributed by atoms with Crippen molar-refractivity contribution in [2.24, 2.45) is 0 Å². The van der Waals surface area contributed by atoms with Crippen molar-refractivity contribution in [2.75, 3.05) is 14.2 Å². The van der Waals surface area contributed by atoms with Gasteiger partial charge in [-0.15, -0.1) is 0 Å². The summed E-state index contributed by atoms with van der Waals surface area (Å²) < 4.78 is 9.95. The maximum atomic E-state index is 12.8. The first-order chi connectivity index (χ1) is 13.5. The van der Waals surface area contributed by atoms with E-state index < -0.39 is 17.9 Å². The molecule has 0 fully saturated rings. The normalized spacial score (nSPS) is 11.7. The molecule has 0 spiro atoms. The van der Waals surface area contributed by atoms with Crippen molar-refractivity contribution in [1.29, 1.82) is 0 Å². The molecule has 1 aromatic heterocycles. The molecule has 0 aliphatic rings. The van der Waals surface area contributed by atoms with Crippen molar-refractivity contribution in [2.45, 2.75) is 12.5 Å². The summed E-state index contributed by atoms with van der Waals surface area (Å²) in [7, 11) is 2.89. The predicted octanol–water partition coefficient (Wildman–Crippen LogP) is 3.93. The van der Waals surface area contributed by atoms with Crippen molar-refractivity contribution in [3.05, 3.63) is 70.9 Å². The highest BCUT2D eigenvalue weighted by Crippen LogP contribution is 2.26. The van der Waals surface area contributed by atoms with Crippen LogP contribution in [0, 0.1) is 0 Å². The van der Waals surface area contributed by atoms with E-state index in [1.807, 2.05) is 6.07 Å². The van der Waals surface area contributed by atoms with E-state index in [9.17, 15) is 9.59 Å². The molecular weight excluding hydrogens is 380 g/mol. The first-order valence-electron chi connectivity index (χ1n) is 8.58. The summed E-state index contributed by atoms with van der Waals surface area (Å²) in [5.74, 6) is -0.154. The molecule has 3 rings (SSSR count). The third-order valence-corrected chi connectivity index (χ3v) is 4.66. The topological polar surface area (TPSA) is 77.5 Å². The predicted molar refractivity (Wildman–Crippen MR) is 107 cm³/mol. The Morgan fingerprint density at radius 3 is 2.61 bits per heavy atom. The zero-order valence-corrected chi connectivity index (χ0v) is 16.2. The van der Waals surface area contributed by atoms with E-state index in [0.29, 0.717) is 21.9 Å². The Balaban J connectivity index is 1.87. The summed E-state index contributed by atoms with van der Waals surface area (Å²) in [4.78, 5) is 29.0. The van der Waals surface area contributed by atoms with Crippen LogP contribution in [0.4, 0.5) is 0 Å². The second kappa shape index (κ2) is 8.71. The Hall–Kier alpha value is -3.12. The Bertz CT molecular complexity index is 1020. The van der Waals surface area contributed by atoms with Gasteiger partial charge in [-0.2, -0.15) is 0 Å². The fraction of sp³-hybridized carbons (Fsp3) is 0.190. The highest BCUT2D eigenvalue weighted by Gasteiger charge is 2.22. The molecule has 6 nitrogen and oxygen atoms in total. The van der Waals surface area contributed by atoms with Crippen molar-refractivity contribution in [1.82, 2.24) is 10.3 Å². The van der Waals surface area contributed by atoms with Crippen LogP contribution >= 0.6 is 11.6 Å². The van der Waals surface area contributed by atoms with E-state index in [4.69, 9.17) is 21.1 Å². The Morgan fingerprint density at radius 2 is 1.89 bits per heavy atom. The molecule has 28 heavy (non-hydrogen) atoms. The van der Waals surface area contributed by atoms with Gasteiger partial charge in [0.25, 0.3) is 5.91 Å². The molecule has 0 saturated heterocycles. The number of carbonyl (C=O) groups excluding carboxylic acids is 2. The number of nitrogens with one attached hydrogen (secondary N) is 1. The molecular formula is C21H19ClN2O4. The fourth-order valence-electron chi connectivity index (χ4n) is 2.84. The van der Waals surface area contributed by atoms with Crippen LogP contribution < -0.4 is 10.1 Å². The highest BCUT2D eigenvalue weighted by atomic mass is 35.5. The molecule has 144 valence electrons. The number of carbonyl (C=O) groups is 2. The average Bonchev–Trinajstić information content (AvgIpc) is 2.72. The van der Waals surface area contributed by atoms with Gasteiger partial charge in [0, 0.05) is 10.4 Å². The maximum absolute atomic E-state index is 12.8. The van der Waals surface area contributed by atoms with Gasteiger partial charge in [-0.1, -0.05) is 35.9 Å². The zero-order chi connectivity index (χ0) is 20.1. The minimum absolute atomic E-state index is 0.0449. The number of halogens is 1. The monoisotopic (exact) mass is 398 g/mol. The van der Waals surface area contributed by atoms with Gasteiger partial charge in [0.1, 0.15) is 11.4 Å². The van der Waals surface area contributed by atoms with E-state index in [1.165, 1.54) is 7.11 Å². The molecule has 3 aromatic rings. The van der Waals surface area contributed by atoms with Gasteiger partial charge in [-0.05, 0) is 35.9 Å². The fourth-order valence-corrected chi connectivity index (χ4v) is 3.10. The first-order valence-corrected chi connectivity index (χ1v) is 8.96. The SMILES string of the molecule is COC(=O)CC(NC(=O)c1ccc2cc(OC)ccc2n1)c1ccccc1Cl. The summed E-state index contributed by atoms with van der Waals surface area (Å²) in [6, 6.07) is 15.2. The number of hydrogen-bond donors (Lipinski definition) is 1. The number of nitrogens with zero attached hydrogens (tertiary/aromatic N) is 1. The van der Waals surface area contributed by atoms with Crippen LogP contribution in [0.2, 0.25) is 5.02 Å². The lowest BCUT2D eigenvalue weighted by Gasteiger charge is -2.19. The lowest BCUT2D eigenvalue weighted by atomic mass is 10.0. The minimum Gasteiger partial charge on any atom is -0.497 e. The van der Waals surface area contributed by atoms with Gasteiger partial charge in [0.05, 0.1) is 32.2 Å². The van der Waals surface area contributed by atoms with Gasteiger partial charge >= 0.3 is 5.97 Å². The third-order valence-electron chi connectivity index (χ3n) is 4.31. The van der Waals surface area contributed by atoms with Crippen LogP contribution in [0.5, 0.6) is 5.75 Å². The highest BCUT2D eigenvalue weighted by molar-refractivity contribution is 6.31. The minimum atomic E-state index is -0.637. The standard InChI is InChI=1S/C21H19ClN2O4/c1-27-14-8-10-17-13(11-14)7-9-18(23-17)21(26)24-19(12-20(25)28-2)15-5-3-4-6-16(15)22/h3-11,19H,12H2,1-2H3,(H,24,26). The number of ether oxygens (including phenoxy) is 2. The number of aromatic nitrogens is 1. The van der Waals surface area contributed by atoms with Crippen molar-refractivity contribution < 1.29 is 19.1 Å². The van der Waals surface area contributed by atoms with Crippen LogP contribution in [0.15, 0.2) is 54.6 Å². The summed E-state index contributed by atoms with van der Waals surface area (Å²) in [6.45, 7) is 0. The van der Waals surface area contributed by atoms with Crippen molar-refractivity contribution in [3.8, 4) is 5.75 Å². The van der Waals surface area contributed by atoms with Gasteiger partial charge in [0.15, 0.2) is 0 Å². The van der Waals surface area contributed by atoms with E-state index in [2.05, 4.69) is 10.3 Å². The molecule has 0 aliphatic heterocycles. The average molecular weight is 399 g/mol.